The van der Waals surface area contributed by atoms with Crippen molar-refractivity contribution in [3.8, 4) is 0 Å². The van der Waals surface area contributed by atoms with Gasteiger partial charge < -0.3 is 14.8 Å². The van der Waals surface area contributed by atoms with E-state index in [1.165, 1.54) is 19.4 Å². The summed E-state index contributed by atoms with van der Waals surface area (Å²) in [4.78, 5) is 2.56. The van der Waals surface area contributed by atoms with Crippen LogP contribution in [-0.4, -0.2) is 63.0 Å². The van der Waals surface area contributed by atoms with Gasteiger partial charge in [-0.25, -0.2) is 0 Å². The first-order valence-electron chi connectivity index (χ1n) is 6.89. The van der Waals surface area contributed by atoms with Crippen LogP contribution < -0.4 is 5.32 Å². The van der Waals surface area contributed by atoms with Gasteiger partial charge in [0.05, 0.1) is 12.7 Å². The Morgan fingerprint density at radius 1 is 1.41 bits per heavy atom. The molecule has 0 saturated carbocycles. The molecule has 4 nitrogen and oxygen atoms in total. The minimum atomic E-state index is 0.369. The topological polar surface area (TPSA) is 33.7 Å². The Kier molecular flexibility index (Phi) is 5.22. The van der Waals surface area contributed by atoms with Gasteiger partial charge in [-0.15, -0.1) is 0 Å². The molecule has 1 N–H and O–H groups in total. The highest BCUT2D eigenvalue weighted by atomic mass is 16.5. The molecule has 2 aliphatic rings. The summed E-state index contributed by atoms with van der Waals surface area (Å²) in [5, 5.41) is 3.58. The molecule has 0 spiro atoms. The van der Waals surface area contributed by atoms with Gasteiger partial charge >= 0.3 is 0 Å². The maximum absolute atomic E-state index is 5.69. The van der Waals surface area contributed by atoms with Gasteiger partial charge in [0, 0.05) is 38.9 Å². The van der Waals surface area contributed by atoms with Crippen LogP contribution in [0.15, 0.2) is 0 Å². The number of ether oxygens (including phenoxy) is 2. The molecular weight excluding hydrogens is 216 g/mol. The molecule has 2 fully saturated rings. The molecule has 0 aromatic rings. The zero-order chi connectivity index (χ0) is 12.1. The van der Waals surface area contributed by atoms with Crippen molar-refractivity contribution in [1.82, 2.24) is 10.2 Å². The van der Waals surface area contributed by atoms with E-state index in [0.29, 0.717) is 18.2 Å². The van der Waals surface area contributed by atoms with Crippen LogP contribution in [0.1, 0.15) is 26.2 Å². The molecule has 2 heterocycles. The van der Waals surface area contributed by atoms with E-state index in [9.17, 15) is 0 Å². The summed E-state index contributed by atoms with van der Waals surface area (Å²) in [6, 6.07) is 1.24. The van der Waals surface area contributed by atoms with Gasteiger partial charge in [-0.1, -0.05) is 0 Å². The lowest BCUT2D eigenvalue weighted by molar-refractivity contribution is 0.0558. The van der Waals surface area contributed by atoms with Crippen LogP contribution >= 0.6 is 0 Å². The summed E-state index contributed by atoms with van der Waals surface area (Å²) in [5.41, 5.74) is 0. The molecule has 0 aliphatic carbocycles. The molecule has 0 aromatic carbocycles. The molecule has 0 aromatic heterocycles. The predicted molar refractivity (Wildman–Crippen MR) is 68.3 cm³/mol. The van der Waals surface area contributed by atoms with E-state index < -0.39 is 0 Å². The minimum Gasteiger partial charge on any atom is -0.383 e. The second kappa shape index (κ2) is 6.69. The van der Waals surface area contributed by atoms with Gasteiger partial charge in [-0.2, -0.15) is 0 Å². The van der Waals surface area contributed by atoms with Crippen LogP contribution in [0.25, 0.3) is 0 Å². The molecular formula is C13H26N2O2. The number of hydrogen-bond acceptors (Lipinski definition) is 4. The number of nitrogens with zero attached hydrogens (tertiary/aromatic N) is 1. The fourth-order valence-electron chi connectivity index (χ4n) is 3.00. The highest BCUT2D eigenvalue weighted by molar-refractivity contribution is 4.86. The van der Waals surface area contributed by atoms with Crippen LogP contribution in [-0.2, 0) is 9.47 Å². The number of rotatable bonds is 6. The first-order chi connectivity index (χ1) is 8.31. The van der Waals surface area contributed by atoms with Crippen molar-refractivity contribution >= 4 is 0 Å². The Bertz CT molecular complexity index is 219. The smallest absolute Gasteiger partial charge is 0.0703 e. The van der Waals surface area contributed by atoms with Crippen LogP contribution in [0.2, 0.25) is 0 Å². The van der Waals surface area contributed by atoms with Gasteiger partial charge in [0.1, 0.15) is 0 Å². The third-order valence-electron chi connectivity index (χ3n) is 4.01. The van der Waals surface area contributed by atoms with Crippen molar-refractivity contribution < 1.29 is 9.47 Å². The van der Waals surface area contributed by atoms with Crippen molar-refractivity contribution in [2.45, 2.75) is 44.4 Å². The SMILES string of the molecule is COCCN(CC1CCCN1)C1CCOC1C. The number of nitrogens with one attached hydrogen (secondary N) is 1. The Morgan fingerprint density at radius 2 is 2.29 bits per heavy atom. The van der Waals surface area contributed by atoms with Gasteiger partial charge in [0.25, 0.3) is 0 Å². The normalized spacial score (nSPS) is 33.7. The minimum absolute atomic E-state index is 0.369. The quantitative estimate of drug-likeness (QED) is 0.749. The molecule has 0 radical (unpaired) electrons. The second-order valence-corrected chi connectivity index (χ2v) is 5.21. The van der Waals surface area contributed by atoms with E-state index in [1.807, 2.05) is 0 Å². The molecule has 4 heteroatoms. The molecule has 0 bridgehead atoms. The summed E-state index contributed by atoms with van der Waals surface area (Å²) in [6.07, 6.45) is 4.16. The lowest BCUT2D eigenvalue weighted by Gasteiger charge is -2.32. The van der Waals surface area contributed by atoms with E-state index in [4.69, 9.17) is 9.47 Å². The van der Waals surface area contributed by atoms with Crippen molar-refractivity contribution in [2.24, 2.45) is 0 Å². The molecule has 2 saturated heterocycles. The first kappa shape index (κ1) is 13.3. The highest BCUT2D eigenvalue weighted by Gasteiger charge is 2.31. The zero-order valence-electron chi connectivity index (χ0n) is 11.2. The van der Waals surface area contributed by atoms with Gasteiger partial charge in [0.15, 0.2) is 0 Å². The molecule has 3 atom stereocenters. The predicted octanol–water partition coefficient (Wildman–Crippen LogP) is 0.864. The molecule has 0 amide bonds. The standard InChI is InChI=1S/C13H26N2O2/c1-11-13(5-8-17-11)15(7-9-16-2)10-12-4-3-6-14-12/h11-14H,3-10H2,1-2H3. The summed E-state index contributed by atoms with van der Waals surface area (Å²) < 4.78 is 10.9. The third-order valence-corrected chi connectivity index (χ3v) is 4.01. The maximum Gasteiger partial charge on any atom is 0.0703 e. The van der Waals surface area contributed by atoms with Crippen LogP contribution in [0.4, 0.5) is 0 Å². The summed E-state index contributed by atoms with van der Waals surface area (Å²) in [5.74, 6) is 0. The Balaban J connectivity index is 1.86. The number of hydrogen-bond donors (Lipinski definition) is 1. The van der Waals surface area contributed by atoms with Crippen LogP contribution in [0.5, 0.6) is 0 Å². The molecule has 2 aliphatic heterocycles. The van der Waals surface area contributed by atoms with Crippen molar-refractivity contribution in [3.63, 3.8) is 0 Å². The average Bonchev–Trinajstić information content (AvgIpc) is 2.95. The fraction of sp³-hybridized carbons (Fsp3) is 1.00. The largest absolute Gasteiger partial charge is 0.383 e. The number of methoxy groups -OCH3 is 1. The van der Waals surface area contributed by atoms with Gasteiger partial charge in [0.2, 0.25) is 0 Å². The van der Waals surface area contributed by atoms with Crippen molar-refractivity contribution in [2.75, 3.05) is 40.0 Å². The van der Waals surface area contributed by atoms with E-state index in [2.05, 4.69) is 17.1 Å². The third kappa shape index (κ3) is 3.65. The lowest BCUT2D eigenvalue weighted by atomic mass is 10.1. The maximum atomic E-state index is 5.69. The van der Waals surface area contributed by atoms with E-state index >= 15 is 0 Å². The average molecular weight is 242 g/mol. The second-order valence-electron chi connectivity index (χ2n) is 5.21. The fourth-order valence-corrected chi connectivity index (χ4v) is 3.00. The van der Waals surface area contributed by atoms with E-state index in [-0.39, 0.29) is 0 Å². The van der Waals surface area contributed by atoms with Crippen molar-refractivity contribution in [1.29, 1.82) is 0 Å². The summed E-state index contributed by atoms with van der Waals surface area (Å²) >= 11 is 0. The Morgan fingerprint density at radius 3 is 2.88 bits per heavy atom. The van der Waals surface area contributed by atoms with Gasteiger partial charge in [-0.3, -0.25) is 4.90 Å². The van der Waals surface area contributed by atoms with Crippen LogP contribution in [0, 0.1) is 0 Å². The lowest BCUT2D eigenvalue weighted by Crippen LogP contribution is -2.47. The van der Waals surface area contributed by atoms with Crippen molar-refractivity contribution in [3.05, 3.63) is 0 Å². The van der Waals surface area contributed by atoms with Gasteiger partial charge in [-0.05, 0) is 32.7 Å². The van der Waals surface area contributed by atoms with Crippen LogP contribution in [0.3, 0.4) is 0 Å². The Labute approximate surface area is 105 Å². The summed E-state index contributed by atoms with van der Waals surface area (Å²) in [7, 11) is 1.78. The highest BCUT2D eigenvalue weighted by Crippen LogP contribution is 2.20. The molecule has 100 valence electrons. The first-order valence-corrected chi connectivity index (χ1v) is 6.89. The zero-order valence-corrected chi connectivity index (χ0v) is 11.2. The molecule has 17 heavy (non-hydrogen) atoms. The Hall–Kier alpha value is -0.160. The molecule has 3 unspecified atom stereocenters. The summed E-state index contributed by atoms with van der Waals surface area (Å²) in [6.45, 7) is 7.26. The van der Waals surface area contributed by atoms with E-state index in [0.717, 1.165) is 32.7 Å². The molecule has 2 rings (SSSR count). The van der Waals surface area contributed by atoms with E-state index in [1.54, 1.807) is 7.11 Å². The monoisotopic (exact) mass is 242 g/mol.